The van der Waals surface area contributed by atoms with Crippen molar-refractivity contribution in [1.82, 2.24) is 0 Å². The molecule has 0 aromatic heterocycles. The molecule has 0 radical (unpaired) electrons. The molecule has 172 valence electrons. The van der Waals surface area contributed by atoms with E-state index in [-0.39, 0.29) is 0 Å². The minimum Gasteiger partial charge on any atom is -0.394 e. The van der Waals surface area contributed by atoms with Crippen LogP contribution in [0.2, 0.25) is 24.2 Å². The first kappa shape index (κ1) is 28.8. The smallest absolute Gasteiger partial charge is 0.342 e. The van der Waals surface area contributed by atoms with Crippen LogP contribution in [0.15, 0.2) is 24.3 Å². The summed E-state index contributed by atoms with van der Waals surface area (Å²) in [6.45, 7) is 16.0. The fraction of sp³-hybridized carbons (Fsp3) is 0.826. The Morgan fingerprint density at radius 2 is 0.862 bits per heavy atom. The minimum atomic E-state index is -2.25. The third-order valence-electron chi connectivity index (χ3n) is 4.72. The SMILES string of the molecule is CC=CC[Si](CCC[Si](CC=CC)(OCCC)OCCC)(OCCC)OCCC. The molecular weight excluding hydrogens is 396 g/mol. The summed E-state index contributed by atoms with van der Waals surface area (Å²) in [4.78, 5) is 0. The molecule has 0 heterocycles. The second kappa shape index (κ2) is 18.5. The first-order chi connectivity index (χ1) is 14.1. The van der Waals surface area contributed by atoms with Crippen LogP contribution in [0.4, 0.5) is 0 Å². The summed E-state index contributed by atoms with van der Waals surface area (Å²) < 4.78 is 25.7. The van der Waals surface area contributed by atoms with Gasteiger partial charge in [-0.2, -0.15) is 0 Å². The molecule has 6 heteroatoms. The van der Waals surface area contributed by atoms with Gasteiger partial charge in [-0.3, -0.25) is 0 Å². The van der Waals surface area contributed by atoms with Crippen molar-refractivity contribution in [3.63, 3.8) is 0 Å². The molecule has 0 bridgehead atoms. The number of allylic oxidation sites excluding steroid dienone is 4. The van der Waals surface area contributed by atoms with E-state index in [1.165, 1.54) is 0 Å². The Hall–Kier alpha value is -0.246. The molecule has 0 aliphatic rings. The average Bonchev–Trinajstić information content (AvgIpc) is 2.75. The average molecular weight is 445 g/mol. The standard InChI is InChI=1S/C23H48O4Si2/c1-7-13-20-28(24-16-9-3,25-17-10-4)22-15-23-29(21-14-8-2,26-18-11-5)27-19-12-6/h7-8,13-14H,9-12,15-23H2,1-6H3. The van der Waals surface area contributed by atoms with Gasteiger partial charge in [0.25, 0.3) is 0 Å². The van der Waals surface area contributed by atoms with Crippen molar-refractivity contribution in [2.45, 2.75) is 97.8 Å². The van der Waals surface area contributed by atoms with Crippen molar-refractivity contribution in [1.29, 1.82) is 0 Å². The molecule has 0 rings (SSSR count). The van der Waals surface area contributed by atoms with Gasteiger partial charge in [-0.1, -0.05) is 52.0 Å². The summed E-state index contributed by atoms with van der Waals surface area (Å²) in [6, 6.07) is 3.87. The second-order valence-electron chi connectivity index (χ2n) is 7.62. The predicted octanol–water partition coefficient (Wildman–Crippen LogP) is 7.12. The van der Waals surface area contributed by atoms with E-state index in [0.717, 1.165) is 82.7 Å². The van der Waals surface area contributed by atoms with E-state index in [1.807, 2.05) is 0 Å². The van der Waals surface area contributed by atoms with E-state index in [4.69, 9.17) is 17.7 Å². The first-order valence-electron chi connectivity index (χ1n) is 11.9. The van der Waals surface area contributed by atoms with Crippen LogP contribution in [0, 0.1) is 0 Å². The van der Waals surface area contributed by atoms with Crippen LogP contribution in [0.25, 0.3) is 0 Å². The van der Waals surface area contributed by atoms with Gasteiger partial charge in [-0.15, -0.1) is 0 Å². The highest BCUT2D eigenvalue weighted by atomic mass is 28.4. The van der Waals surface area contributed by atoms with E-state index < -0.39 is 17.1 Å². The van der Waals surface area contributed by atoms with Gasteiger partial charge < -0.3 is 17.7 Å². The van der Waals surface area contributed by atoms with Crippen molar-refractivity contribution in [3.8, 4) is 0 Å². The predicted molar refractivity (Wildman–Crippen MR) is 130 cm³/mol. The summed E-state index contributed by atoms with van der Waals surface area (Å²) in [5.74, 6) is 0. The van der Waals surface area contributed by atoms with E-state index in [0.29, 0.717) is 0 Å². The molecule has 0 unspecified atom stereocenters. The molecule has 0 N–H and O–H groups in total. The lowest BCUT2D eigenvalue weighted by atomic mass is 10.5. The highest BCUT2D eigenvalue weighted by Crippen LogP contribution is 2.29. The Morgan fingerprint density at radius 3 is 1.10 bits per heavy atom. The highest BCUT2D eigenvalue weighted by molar-refractivity contribution is 6.69. The Kier molecular flexibility index (Phi) is 18.4. The third-order valence-corrected chi connectivity index (χ3v) is 11.6. The fourth-order valence-electron chi connectivity index (χ4n) is 3.19. The van der Waals surface area contributed by atoms with Crippen molar-refractivity contribution >= 4 is 17.1 Å². The largest absolute Gasteiger partial charge is 0.394 e. The topological polar surface area (TPSA) is 36.9 Å². The van der Waals surface area contributed by atoms with Gasteiger partial charge in [-0.05, 0) is 58.0 Å². The maximum Gasteiger partial charge on any atom is 0.342 e. The molecule has 0 aromatic rings. The van der Waals surface area contributed by atoms with Gasteiger partial charge in [-0.25, -0.2) is 0 Å². The Labute approximate surface area is 183 Å². The second-order valence-corrected chi connectivity index (χ2v) is 14.2. The Bertz CT molecular complexity index is 373. The molecular formula is C23H48O4Si2. The normalized spacial score (nSPS) is 13.2. The van der Waals surface area contributed by atoms with Gasteiger partial charge in [0.2, 0.25) is 0 Å². The monoisotopic (exact) mass is 444 g/mol. The van der Waals surface area contributed by atoms with E-state index >= 15 is 0 Å². The molecule has 0 atom stereocenters. The van der Waals surface area contributed by atoms with E-state index in [1.54, 1.807) is 0 Å². The summed E-state index contributed by atoms with van der Waals surface area (Å²) in [5.41, 5.74) is 0. The number of rotatable bonds is 20. The van der Waals surface area contributed by atoms with Crippen LogP contribution in [-0.4, -0.2) is 43.5 Å². The van der Waals surface area contributed by atoms with Gasteiger partial charge in [0.1, 0.15) is 0 Å². The number of hydrogen-bond acceptors (Lipinski definition) is 4. The summed E-state index contributed by atoms with van der Waals surface area (Å²) >= 11 is 0. The third kappa shape index (κ3) is 12.9. The van der Waals surface area contributed by atoms with Crippen LogP contribution in [-0.2, 0) is 17.7 Å². The molecule has 0 amide bonds. The molecule has 0 aliphatic carbocycles. The van der Waals surface area contributed by atoms with Crippen LogP contribution in [0.3, 0.4) is 0 Å². The van der Waals surface area contributed by atoms with Crippen LogP contribution in [0.5, 0.6) is 0 Å². The highest BCUT2D eigenvalue weighted by Gasteiger charge is 2.40. The number of hydrogen-bond donors (Lipinski definition) is 0. The first-order valence-corrected chi connectivity index (χ1v) is 16.3. The molecule has 0 fully saturated rings. The minimum absolute atomic E-state index is 0.785. The molecule has 0 aromatic carbocycles. The Balaban J connectivity index is 5.31. The van der Waals surface area contributed by atoms with Crippen molar-refractivity contribution in [2.24, 2.45) is 0 Å². The van der Waals surface area contributed by atoms with Gasteiger partial charge in [0.05, 0.1) is 0 Å². The quantitative estimate of drug-likeness (QED) is 0.148. The maximum absolute atomic E-state index is 6.43. The molecule has 0 spiro atoms. The lowest BCUT2D eigenvalue weighted by molar-refractivity contribution is 0.163. The van der Waals surface area contributed by atoms with Crippen LogP contribution in [0.1, 0.15) is 73.6 Å². The van der Waals surface area contributed by atoms with Crippen LogP contribution < -0.4 is 0 Å². The zero-order valence-electron chi connectivity index (χ0n) is 20.1. The molecule has 29 heavy (non-hydrogen) atoms. The van der Waals surface area contributed by atoms with Crippen molar-refractivity contribution in [3.05, 3.63) is 24.3 Å². The maximum atomic E-state index is 6.43. The van der Waals surface area contributed by atoms with Crippen molar-refractivity contribution in [2.75, 3.05) is 26.4 Å². The van der Waals surface area contributed by atoms with E-state index in [2.05, 4.69) is 65.8 Å². The van der Waals surface area contributed by atoms with Gasteiger partial charge in [0.15, 0.2) is 0 Å². The zero-order valence-corrected chi connectivity index (χ0v) is 22.1. The zero-order chi connectivity index (χ0) is 21.8. The summed E-state index contributed by atoms with van der Waals surface area (Å²) in [6.07, 6.45) is 13.8. The lowest BCUT2D eigenvalue weighted by Gasteiger charge is -2.33. The molecule has 0 saturated carbocycles. The van der Waals surface area contributed by atoms with Gasteiger partial charge in [0, 0.05) is 38.5 Å². The molecule has 0 aliphatic heterocycles. The Morgan fingerprint density at radius 1 is 0.552 bits per heavy atom. The molecule has 0 saturated heterocycles. The summed E-state index contributed by atoms with van der Waals surface area (Å²) in [7, 11) is -4.49. The summed E-state index contributed by atoms with van der Waals surface area (Å²) in [5, 5.41) is 0. The van der Waals surface area contributed by atoms with Crippen molar-refractivity contribution < 1.29 is 17.7 Å². The van der Waals surface area contributed by atoms with E-state index in [9.17, 15) is 0 Å². The van der Waals surface area contributed by atoms with Gasteiger partial charge >= 0.3 is 17.1 Å². The fourth-order valence-corrected chi connectivity index (χ4v) is 10.1. The lowest BCUT2D eigenvalue weighted by Crippen LogP contribution is -2.45. The molecule has 4 nitrogen and oxygen atoms in total. The van der Waals surface area contributed by atoms with Crippen LogP contribution >= 0.6 is 0 Å².